The summed E-state index contributed by atoms with van der Waals surface area (Å²) in [5.74, 6) is -1.39. The van der Waals surface area contributed by atoms with Crippen LogP contribution in [0.25, 0.3) is 0 Å². The molecular weight excluding hydrogens is 435 g/mol. The molecule has 5 aliphatic heterocycles. The SMILES string of the molecule is FC1=C(Cl)C2=NOCC2C2=C3C1=NC(OC[C@@]14CCCN1C[C@H](F)C4)=NN3CCC2F. The molecule has 166 valence electrons. The molecule has 4 atom stereocenters. The minimum absolute atomic E-state index is 0.0243. The van der Waals surface area contributed by atoms with Gasteiger partial charge in [0.2, 0.25) is 0 Å². The number of amidine groups is 1. The number of nitrogens with zero attached hydrogens (tertiary/aromatic N) is 5. The van der Waals surface area contributed by atoms with Gasteiger partial charge in [-0.1, -0.05) is 16.8 Å². The first kappa shape index (κ1) is 19.6. The molecule has 0 saturated carbocycles. The highest BCUT2D eigenvalue weighted by Crippen LogP contribution is 2.43. The summed E-state index contributed by atoms with van der Waals surface area (Å²) in [5, 5.41) is 9.56. The van der Waals surface area contributed by atoms with Crippen LogP contribution in [0.5, 0.6) is 0 Å². The third-order valence-electron chi connectivity index (χ3n) is 7.07. The Morgan fingerprint density at radius 2 is 2.16 bits per heavy atom. The predicted molar refractivity (Wildman–Crippen MR) is 108 cm³/mol. The number of rotatable bonds is 2. The topological polar surface area (TPSA) is 62.0 Å². The van der Waals surface area contributed by atoms with Crippen molar-refractivity contribution in [2.75, 3.05) is 32.8 Å². The van der Waals surface area contributed by atoms with Crippen molar-refractivity contribution in [1.29, 1.82) is 0 Å². The van der Waals surface area contributed by atoms with Crippen molar-refractivity contribution in [3.8, 4) is 0 Å². The number of fused-ring (bicyclic) bond motifs is 3. The number of halogens is 4. The fraction of sp³-hybridized carbons (Fsp3) is 0.650. The number of hydrogen-bond acceptors (Lipinski definition) is 7. The van der Waals surface area contributed by atoms with E-state index < -0.39 is 24.1 Å². The van der Waals surface area contributed by atoms with Crippen LogP contribution in [0.2, 0.25) is 0 Å². The van der Waals surface area contributed by atoms with Crippen molar-refractivity contribution in [3.63, 3.8) is 0 Å². The number of oxime groups is 1. The molecule has 2 saturated heterocycles. The Kier molecular flexibility index (Phi) is 4.40. The van der Waals surface area contributed by atoms with Crippen LogP contribution in [-0.2, 0) is 9.57 Å². The van der Waals surface area contributed by atoms with Gasteiger partial charge in [-0.3, -0.25) is 9.91 Å². The van der Waals surface area contributed by atoms with E-state index in [1.54, 1.807) is 0 Å². The van der Waals surface area contributed by atoms with E-state index in [2.05, 4.69) is 20.1 Å². The molecule has 0 radical (unpaired) electrons. The molecule has 2 unspecified atom stereocenters. The lowest BCUT2D eigenvalue weighted by Crippen LogP contribution is -2.44. The molecular formula is C20H21ClF3N5O2. The van der Waals surface area contributed by atoms with Crippen LogP contribution in [0.3, 0.4) is 0 Å². The highest BCUT2D eigenvalue weighted by Gasteiger charge is 2.50. The largest absolute Gasteiger partial charge is 0.460 e. The molecule has 2 fully saturated rings. The van der Waals surface area contributed by atoms with Crippen molar-refractivity contribution < 1.29 is 22.7 Å². The summed E-state index contributed by atoms with van der Waals surface area (Å²) >= 11 is 6.26. The van der Waals surface area contributed by atoms with E-state index in [1.807, 2.05) is 0 Å². The molecule has 0 aromatic rings. The summed E-state index contributed by atoms with van der Waals surface area (Å²) in [6.45, 7) is 1.80. The van der Waals surface area contributed by atoms with E-state index in [0.29, 0.717) is 18.5 Å². The predicted octanol–water partition coefficient (Wildman–Crippen LogP) is 3.04. The van der Waals surface area contributed by atoms with E-state index >= 15 is 4.39 Å². The molecule has 0 aromatic heterocycles. The molecule has 1 aliphatic carbocycles. The van der Waals surface area contributed by atoms with Crippen LogP contribution < -0.4 is 0 Å². The van der Waals surface area contributed by atoms with Crippen LogP contribution in [0, 0.1) is 5.92 Å². The Hall–Kier alpha value is -2.07. The first-order valence-corrected chi connectivity index (χ1v) is 11.0. The Morgan fingerprint density at radius 3 is 3.03 bits per heavy atom. The summed E-state index contributed by atoms with van der Waals surface area (Å²) in [4.78, 5) is 11.5. The van der Waals surface area contributed by atoms with Crippen LogP contribution in [-0.4, -0.2) is 78.1 Å². The zero-order valence-electron chi connectivity index (χ0n) is 16.7. The lowest BCUT2D eigenvalue weighted by atomic mass is 9.87. The van der Waals surface area contributed by atoms with Gasteiger partial charge in [-0.25, -0.2) is 13.2 Å². The average Bonchev–Trinajstić information content (AvgIpc) is 3.43. The number of allylic oxidation sites excluding steroid dienone is 2. The van der Waals surface area contributed by atoms with Crippen LogP contribution in [0.1, 0.15) is 25.7 Å². The minimum atomic E-state index is -1.30. The van der Waals surface area contributed by atoms with Gasteiger partial charge in [0, 0.05) is 31.5 Å². The van der Waals surface area contributed by atoms with Crippen molar-refractivity contribution in [2.45, 2.75) is 43.6 Å². The number of alkyl halides is 2. The summed E-state index contributed by atoms with van der Waals surface area (Å²) in [6.07, 6.45) is 0.228. The van der Waals surface area contributed by atoms with Gasteiger partial charge < -0.3 is 9.57 Å². The Balaban J connectivity index is 1.36. The molecule has 6 rings (SSSR count). The zero-order chi connectivity index (χ0) is 21.3. The van der Waals surface area contributed by atoms with Crippen molar-refractivity contribution in [2.24, 2.45) is 21.2 Å². The van der Waals surface area contributed by atoms with Gasteiger partial charge in [0.25, 0.3) is 0 Å². The maximum Gasteiger partial charge on any atom is 0.334 e. The van der Waals surface area contributed by atoms with Gasteiger partial charge >= 0.3 is 6.02 Å². The number of ether oxygens (including phenoxy) is 1. The van der Waals surface area contributed by atoms with Gasteiger partial charge in [0.1, 0.15) is 42.0 Å². The third-order valence-corrected chi connectivity index (χ3v) is 7.43. The summed E-state index contributed by atoms with van der Waals surface area (Å²) in [6, 6.07) is -0.0243. The molecule has 0 bridgehead atoms. The Bertz CT molecular complexity index is 995. The highest BCUT2D eigenvalue weighted by molar-refractivity contribution is 6.47. The fourth-order valence-electron chi connectivity index (χ4n) is 5.65. The molecule has 31 heavy (non-hydrogen) atoms. The van der Waals surface area contributed by atoms with Gasteiger partial charge in [-0.15, -0.1) is 5.10 Å². The zero-order valence-corrected chi connectivity index (χ0v) is 17.4. The van der Waals surface area contributed by atoms with Crippen LogP contribution in [0.15, 0.2) is 37.4 Å². The van der Waals surface area contributed by atoms with Crippen molar-refractivity contribution in [1.82, 2.24) is 9.91 Å². The summed E-state index contributed by atoms with van der Waals surface area (Å²) < 4.78 is 50.3. The molecule has 0 spiro atoms. The second-order valence-electron chi connectivity index (χ2n) is 8.84. The molecule has 0 N–H and O–H groups in total. The Labute approximate surface area is 181 Å². The van der Waals surface area contributed by atoms with E-state index in [1.165, 1.54) is 5.01 Å². The molecule has 0 amide bonds. The van der Waals surface area contributed by atoms with Crippen LogP contribution in [0.4, 0.5) is 13.2 Å². The smallest absolute Gasteiger partial charge is 0.334 e. The lowest BCUT2D eigenvalue weighted by Gasteiger charge is -2.36. The van der Waals surface area contributed by atoms with E-state index in [4.69, 9.17) is 21.2 Å². The molecule has 6 aliphatic rings. The van der Waals surface area contributed by atoms with E-state index in [-0.39, 0.29) is 59.9 Å². The van der Waals surface area contributed by atoms with E-state index in [9.17, 15) is 8.78 Å². The maximum atomic E-state index is 15.4. The second kappa shape index (κ2) is 6.96. The lowest BCUT2D eigenvalue weighted by molar-refractivity contribution is 0.102. The van der Waals surface area contributed by atoms with Gasteiger partial charge in [0.05, 0.1) is 17.2 Å². The van der Waals surface area contributed by atoms with Crippen LogP contribution >= 0.6 is 11.6 Å². The quantitative estimate of drug-likeness (QED) is 0.642. The van der Waals surface area contributed by atoms with Gasteiger partial charge in [-0.05, 0) is 19.4 Å². The monoisotopic (exact) mass is 455 g/mol. The fourth-order valence-corrected chi connectivity index (χ4v) is 5.90. The Morgan fingerprint density at radius 1 is 1.29 bits per heavy atom. The first-order valence-electron chi connectivity index (χ1n) is 10.6. The molecule has 7 nitrogen and oxygen atoms in total. The highest BCUT2D eigenvalue weighted by atomic mass is 35.5. The number of aliphatic imine (C=N–C) groups is 1. The maximum absolute atomic E-state index is 15.4. The van der Waals surface area contributed by atoms with E-state index in [0.717, 1.165) is 19.4 Å². The minimum Gasteiger partial charge on any atom is -0.460 e. The number of hydrazone groups is 1. The summed E-state index contributed by atoms with van der Waals surface area (Å²) in [5.41, 5.74) is 0.305. The summed E-state index contributed by atoms with van der Waals surface area (Å²) in [7, 11) is 0. The third kappa shape index (κ3) is 2.87. The molecule has 0 aromatic carbocycles. The normalized spacial score (nSPS) is 37.0. The molecule has 5 heterocycles. The second-order valence-corrected chi connectivity index (χ2v) is 9.22. The van der Waals surface area contributed by atoms with Gasteiger partial charge in [-0.2, -0.15) is 4.99 Å². The van der Waals surface area contributed by atoms with Gasteiger partial charge in [0.15, 0.2) is 5.83 Å². The average molecular weight is 456 g/mol. The first-order chi connectivity index (χ1) is 15.0. The molecule has 11 heteroatoms. The van der Waals surface area contributed by atoms with Crippen molar-refractivity contribution >= 4 is 29.0 Å². The standard InChI is InChI=1S/C20H21ClF3N5O2/c21-14-15(24)17-18-13(11-8-31-27-16(11)14)12(23)2-5-29(18)26-19(25-17)30-9-20-3-1-4-28(20)7-10(22)6-20/h10-12H,1-9H2/t10-,11?,12?,20+/m1/s1. The van der Waals surface area contributed by atoms with Crippen molar-refractivity contribution in [3.05, 3.63) is 22.1 Å². The number of hydrogen-bond donors (Lipinski definition) is 0.